The van der Waals surface area contributed by atoms with E-state index in [-0.39, 0.29) is 5.92 Å². The predicted octanol–water partition coefficient (Wildman–Crippen LogP) is 12.3. The van der Waals surface area contributed by atoms with Gasteiger partial charge >= 0.3 is 0 Å². The maximum absolute atomic E-state index is 6.52. The Kier molecular flexibility index (Phi) is 6.61. The summed E-state index contributed by atoms with van der Waals surface area (Å²) in [5.41, 5.74) is 6.06. The third kappa shape index (κ3) is 4.54. The van der Waals surface area contributed by atoms with Crippen LogP contribution in [0.5, 0.6) is 0 Å². The molecule has 246 valence electrons. The topological polar surface area (TPSA) is 64.7 Å². The third-order valence-electron chi connectivity index (χ3n) is 10.5. The van der Waals surface area contributed by atoms with E-state index in [1.807, 2.05) is 12.1 Å². The van der Waals surface area contributed by atoms with Crippen LogP contribution < -0.4 is 0 Å². The van der Waals surface area contributed by atoms with Gasteiger partial charge < -0.3 is 4.42 Å². The summed E-state index contributed by atoms with van der Waals surface area (Å²) in [5, 5.41) is 8.14. The Morgan fingerprint density at radius 3 is 2.13 bits per heavy atom. The van der Waals surface area contributed by atoms with Crippen molar-refractivity contribution in [2.45, 2.75) is 25.2 Å². The van der Waals surface area contributed by atoms with Crippen LogP contribution in [0.25, 0.3) is 87.1 Å². The Hall–Kier alpha value is -6.24. The highest BCUT2D eigenvalue weighted by atomic mass is 32.1. The minimum atomic E-state index is -0.129. The van der Waals surface area contributed by atoms with Gasteiger partial charge in [0, 0.05) is 48.5 Å². The van der Waals surface area contributed by atoms with Gasteiger partial charge in [-0.3, -0.25) is 0 Å². The number of hydrogen-bond acceptors (Lipinski definition) is 6. The summed E-state index contributed by atoms with van der Waals surface area (Å²) in [5.74, 6) is 2.86. The van der Waals surface area contributed by atoms with Crippen LogP contribution >= 0.6 is 11.3 Å². The summed E-state index contributed by atoms with van der Waals surface area (Å²) in [6, 6.07) is 38.5. The van der Waals surface area contributed by atoms with Crippen molar-refractivity contribution in [1.29, 1.82) is 0 Å². The van der Waals surface area contributed by atoms with Crippen LogP contribution in [0, 0.1) is 0 Å². The van der Waals surface area contributed by atoms with Crippen LogP contribution in [0.4, 0.5) is 0 Å². The predicted molar refractivity (Wildman–Crippen MR) is 214 cm³/mol. The summed E-state index contributed by atoms with van der Waals surface area (Å²) in [6.45, 7) is 0. The highest BCUT2D eigenvalue weighted by Crippen LogP contribution is 2.44. The van der Waals surface area contributed by atoms with Crippen molar-refractivity contribution in [3.8, 4) is 22.6 Å². The Morgan fingerprint density at radius 2 is 1.29 bits per heavy atom. The lowest BCUT2D eigenvalue weighted by Gasteiger charge is -2.19. The SMILES string of the molecule is C1=CC(c2nc(-c3ccc(-c4nc5sc6ccccc6c5c5ccccc45)c4ccccc34)nc(C3CC=Cc4c3oc3ccccc43)n2)=CCC1. The van der Waals surface area contributed by atoms with E-state index in [2.05, 4.69) is 127 Å². The van der Waals surface area contributed by atoms with E-state index < -0.39 is 0 Å². The zero-order valence-electron chi connectivity index (χ0n) is 28.1. The molecule has 0 amide bonds. The molecule has 0 bridgehead atoms. The van der Waals surface area contributed by atoms with E-state index in [0.29, 0.717) is 11.6 Å². The molecule has 4 heterocycles. The molecule has 52 heavy (non-hydrogen) atoms. The fourth-order valence-corrected chi connectivity index (χ4v) is 9.18. The van der Waals surface area contributed by atoms with Crippen LogP contribution in [0.1, 0.15) is 48.2 Å². The highest BCUT2D eigenvalue weighted by Gasteiger charge is 2.29. The quantitative estimate of drug-likeness (QED) is 0.184. The van der Waals surface area contributed by atoms with E-state index in [4.69, 9.17) is 24.4 Å². The number of furan rings is 1. The maximum Gasteiger partial charge on any atom is 0.164 e. The van der Waals surface area contributed by atoms with Crippen LogP contribution in [0.3, 0.4) is 0 Å². The van der Waals surface area contributed by atoms with E-state index in [9.17, 15) is 0 Å². The molecular weight excluding hydrogens is 657 g/mol. The molecule has 0 aliphatic heterocycles. The smallest absolute Gasteiger partial charge is 0.164 e. The maximum atomic E-state index is 6.52. The standard InChI is InChI=1S/C46H30N4OS/c1-2-13-27(14-3-1)43-48-44(50-45(49-43)37-22-12-21-34-30-17-8-10-23-38(30)51-42(34)37)35-26-25-33(28-15-4-5-16-29(28)35)41-32-19-7-6-18-31(32)40-36-20-9-11-24-39(36)52-46(40)47-41/h2,4-21,23-26,37H,1,3,22H2. The molecule has 9 aromatic rings. The van der Waals surface area contributed by atoms with Crippen molar-refractivity contribution in [3.05, 3.63) is 156 Å². The van der Waals surface area contributed by atoms with E-state index in [1.54, 1.807) is 11.3 Å². The van der Waals surface area contributed by atoms with Crippen LogP contribution in [0.2, 0.25) is 0 Å². The second-order valence-corrected chi connectivity index (χ2v) is 14.6. The largest absolute Gasteiger partial charge is 0.460 e. The number of pyridine rings is 1. The lowest BCUT2D eigenvalue weighted by molar-refractivity contribution is 0.505. The van der Waals surface area contributed by atoms with Crippen LogP contribution in [0.15, 0.2) is 138 Å². The van der Waals surface area contributed by atoms with Crippen molar-refractivity contribution in [3.63, 3.8) is 0 Å². The van der Waals surface area contributed by atoms with Crippen molar-refractivity contribution < 1.29 is 4.42 Å². The molecule has 5 aromatic carbocycles. The second-order valence-electron chi connectivity index (χ2n) is 13.5. The summed E-state index contributed by atoms with van der Waals surface area (Å²) < 4.78 is 7.77. The van der Waals surface area contributed by atoms with Gasteiger partial charge in [-0.05, 0) is 53.6 Å². The Labute approximate surface area is 303 Å². The normalized spacial score (nSPS) is 15.6. The summed E-state index contributed by atoms with van der Waals surface area (Å²) >= 11 is 1.76. The molecule has 2 aliphatic rings. The Balaban J connectivity index is 1.12. The minimum absolute atomic E-state index is 0.129. The number of fused-ring (bicyclic) bond motifs is 9. The molecule has 1 atom stereocenters. The van der Waals surface area contributed by atoms with Crippen LogP contribution in [-0.4, -0.2) is 19.9 Å². The second kappa shape index (κ2) is 11.7. The van der Waals surface area contributed by atoms with E-state index >= 15 is 0 Å². The highest BCUT2D eigenvalue weighted by molar-refractivity contribution is 7.25. The summed E-state index contributed by atoms with van der Waals surface area (Å²) in [4.78, 5) is 22.1. The Morgan fingerprint density at radius 1 is 0.577 bits per heavy atom. The van der Waals surface area contributed by atoms with E-state index in [0.717, 1.165) is 90.8 Å². The van der Waals surface area contributed by atoms with Gasteiger partial charge in [-0.15, -0.1) is 11.3 Å². The monoisotopic (exact) mass is 686 g/mol. The Bertz CT molecular complexity index is 3020. The number of hydrogen-bond donors (Lipinski definition) is 0. The zero-order valence-corrected chi connectivity index (χ0v) is 28.9. The molecule has 11 rings (SSSR count). The molecule has 4 aromatic heterocycles. The number of benzene rings is 5. The van der Waals surface area contributed by atoms with Crippen LogP contribution in [-0.2, 0) is 0 Å². The molecule has 0 fully saturated rings. The molecule has 0 saturated heterocycles. The molecular formula is C46H30N4OS. The molecule has 2 aliphatic carbocycles. The molecule has 0 radical (unpaired) electrons. The summed E-state index contributed by atoms with van der Waals surface area (Å²) in [7, 11) is 0. The number of aromatic nitrogens is 4. The van der Waals surface area contributed by atoms with Gasteiger partial charge in [0.05, 0.1) is 11.6 Å². The number of allylic oxidation sites excluding steroid dienone is 5. The molecule has 5 nitrogen and oxygen atoms in total. The van der Waals surface area contributed by atoms with Gasteiger partial charge in [0.1, 0.15) is 22.0 Å². The van der Waals surface area contributed by atoms with Crippen molar-refractivity contribution in [1.82, 2.24) is 19.9 Å². The first-order valence-electron chi connectivity index (χ1n) is 17.8. The zero-order chi connectivity index (χ0) is 34.2. The first-order valence-corrected chi connectivity index (χ1v) is 18.6. The summed E-state index contributed by atoms with van der Waals surface area (Å²) in [6.07, 6.45) is 13.7. The van der Waals surface area contributed by atoms with Gasteiger partial charge in [-0.1, -0.05) is 121 Å². The van der Waals surface area contributed by atoms with Gasteiger partial charge in [-0.2, -0.15) is 0 Å². The van der Waals surface area contributed by atoms with Gasteiger partial charge in [0.25, 0.3) is 0 Å². The minimum Gasteiger partial charge on any atom is -0.460 e. The fraction of sp³-hybridized carbons (Fsp3) is 0.0870. The first kappa shape index (κ1) is 29.5. The molecule has 6 heteroatoms. The average Bonchev–Trinajstić information content (AvgIpc) is 3.79. The number of thiophene rings is 1. The number of para-hydroxylation sites is 1. The van der Waals surface area contributed by atoms with Crippen molar-refractivity contribution in [2.24, 2.45) is 0 Å². The van der Waals surface area contributed by atoms with E-state index in [1.165, 1.54) is 20.9 Å². The third-order valence-corrected chi connectivity index (χ3v) is 11.6. The van der Waals surface area contributed by atoms with Gasteiger partial charge in [0.15, 0.2) is 11.6 Å². The fourth-order valence-electron chi connectivity index (χ4n) is 8.09. The van der Waals surface area contributed by atoms with Gasteiger partial charge in [-0.25, -0.2) is 19.9 Å². The molecule has 1 unspecified atom stereocenters. The van der Waals surface area contributed by atoms with Crippen molar-refractivity contribution >= 4 is 75.8 Å². The number of nitrogens with zero attached hydrogens (tertiary/aromatic N) is 4. The lowest BCUT2D eigenvalue weighted by atomic mass is 9.91. The lowest BCUT2D eigenvalue weighted by Crippen LogP contribution is -2.12. The first-order chi connectivity index (χ1) is 25.8. The molecule has 0 saturated carbocycles. The van der Waals surface area contributed by atoms with Gasteiger partial charge in [0.2, 0.25) is 0 Å². The average molecular weight is 687 g/mol. The molecule has 0 spiro atoms. The van der Waals surface area contributed by atoms with Crippen molar-refractivity contribution in [2.75, 3.05) is 0 Å². The molecule has 0 N–H and O–H groups in total. The number of rotatable bonds is 4.